The van der Waals surface area contributed by atoms with Gasteiger partial charge in [0.05, 0.1) is 12.0 Å². The van der Waals surface area contributed by atoms with Gasteiger partial charge in [-0.15, -0.1) is 0 Å². The molecule has 1 amide bonds. The SMILES string of the molecule is CCC.CCC(Br)CBr.CCC1CC1(C)C.CCC1CC1(C)C(=O)O.CCC1CC1(C)N.CCC1CC1(C)NC(=O)OCC[Si](C)(C)C. The number of hydrogen-bond donors (Lipinski definition) is 3. The maximum absolute atomic E-state index is 11.5. The molecule has 9 heteroatoms. The number of carboxylic acid groups (broad SMARTS) is 1. The van der Waals surface area contributed by atoms with Crippen LogP contribution in [0.15, 0.2) is 0 Å². The van der Waals surface area contributed by atoms with E-state index in [2.05, 4.69) is 126 Å². The highest BCUT2D eigenvalue weighted by Gasteiger charge is 2.55. The van der Waals surface area contributed by atoms with Gasteiger partial charge in [-0.05, 0) is 88.0 Å². The van der Waals surface area contributed by atoms with E-state index in [9.17, 15) is 9.59 Å². The summed E-state index contributed by atoms with van der Waals surface area (Å²) >= 11 is 6.76. The Kier molecular flexibility index (Phi) is 23.7. The second-order valence-electron chi connectivity index (χ2n) is 17.3. The van der Waals surface area contributed by atoms with E-state index in [1.807, 2.05) is 13.8 Å². The molecule has 4 fully saturated rings. The summed E-state index contributed by atoms with van der Waals surface area (Å²) < 4.78 is 5.21. The van der Waals surface area contributed by atoms with Gasteiger partial charge in [0.25, 0.3) is 0 Å². The lowest BCUT2D eigenvalue weighted by Crippen LogP contribution is -2.37. The largest absolute Gasteiger partial charge is 0.481 e. The van der Waals surface area contributed by atoms with Crippen molar-refractivity contribution in [3.05, 3.63) is 0 Å². The van der Waals surface area contributed by atoms with Crippen molar-refractivity contribution in [3.8, 4) is 0 Å². The zero-order chi connectivity index (χ0) is 38.1. The van der Waals surface area contributed by atoms with Crippen LogP contribution in [0.1, 0.15) is 147 Å². The van der Waals surface area contributed by atoms with E-state index in [0.29, 0.717) is 23.3 Å². The van der Waals surface area contributed by atoms with E-state index in [4.69, 9.17) is 15.6 Å². The topological polar surface area (TPSA) is 102 Å². The van der Waals surface area contributed by atoms with Crippen LogP contribution in [0.4, 0.5) is 4.79 Å². The first kappa shape index (κ1) is 50.0. The van der Waals surface area contributed by atoms with Gasteiger partial charge in [0.15, 0.2) is 0 Å². The molecular weight excluding hydrogens is 748 g/mol. The summed E-state index contributed by atoms with van der Waals surface area (Å²) in [5.74, 6) is 2.32. The summed E-state index contributed by atoms with van der Waals surface area (Å²) in [5, 5.41) is 12.6. The highest BCUT2D eigenvalue weighted by atomic mass is 79.9. The van der Waals surface area contributed by atoms with Crippen LogP contribution in [0.2, 0.25) is 25.7 Å². The first-order chi connectivity index (χ1) is 21.9. The summed E-state index contributed by atoms with van der Waals surface area (Å²) in [6.07, 6.45) is 11.6. The van der Waals surface area contributed by atoms with Crippen molar-refractivity contribution < 1.29 is 19.4 Å². The maximum Gasteiger partial charge on any atom is 0.407 e. The van der Waals surface area contributed by atoms with Gasteiger partial charge in [-0.2, -0.15) is 0 Å². The predicted molar refractivity (Wildman–Crippen MR) is 220 cm³/mol. The van der Waals surface area contributed by atoms with Crippen LogP contribution in [0.5, 0.6) is 0 Å². The molecule has 0 bridgehead atoms. The van der Waals surface area contributed by atoms with Crippen LogP contribution in [-0.2, 0) is 9.53 Å². The number of carbonyl (C=O) groups excluding carboxylic acids is 1. The second-order valence-corrected chi connectivity index (χ2v) is 24.9. The Balaban J connectivity index is 0. The number of aliphatic carboxylic acids is 1. The summed E-state index contributed by atoms with van der Waals surface area (Å²) in [6.45, 7) is 33.2. The van der Waals surface area contributed by atoms with Gasteiger partial charge < -0.3 is 20.9 Å². The first-order valence-electron chi connectivity index (χ1n) is 19.1. The minimum Gasteiger partial charge on any atom is -0.481 e. The van der Waals surface area contributed by atoms with Gasteiger partial charge in [-0.1, -0.05) is 146 Å². The van der Waals surface area contributed by atoms with E-state index in [1.54, 1.807) is 0 Å². The van der Waals surface area contributed by atoms with Gasteiger partial charge >= 0.3 is 12.1 Å². The van der Waals surface area contributed by atoms with Crippen molar-refractivity contribution in [2.45, 2.75) is 189 Å². The van der Waals surface area contributed by atoms with Gasteiger partial charge in [-0.3, -0.25) is 4.79 Å². The summed E-state index contributed by atoms with van der Waals surface area (Å²) in [6, 6.07) is 1.04. The molecule has 8 atom stereocenters. The number of nitrogens with two attached hydrogens (primary N) is 1. The highest BCUT2D eigenvalue weighted by molar-refractivity contribution is 9.12. The number of amides is 1. The molecule has 8 unspecified atom stereocenters. The van der Waals surface area contributed by atoms with Crippen molar-refractivity contribution >= 4 is 52.0 Å². The minimum absolute atomic E-state index is 0.00495. The third kappa shape index (κ3) is 21.3. The Labute approximate surface area is 316 Å². The van der Waals surface area contributed by atoms with Crippen molar-refractivity contribution in [1.29, 1.82) is 0 Å². The Bertz CT molecular complexity index is 887. The predicted octanol–water partition coefficient (Wildman–Crippen LogP) is 12.3. The number of alkyl halides is 2. The molecule has 0 spiro atoms. The van der Waals surface area contributed by atoms with Gasteiger partial charge in [-0.25, -0.2) is 4.79 Å². The average Bonchev–Trinajstić information content (AvgIpc) is 3.94. The molecule has 0 aromatic heterocycles. The fourth-order valence-electron chi connectivity index (χ4n) is 5.69. The molecule has 48 heavy (non-hydrogen) atoms. The zero-order valence-electron chi connectivity index (χ0n) is 34.1. The van der Waals surface area contributed by atoms with Gasteiger partial charge in [0, 0.05) is 29.3 Å². The summed E-state index contributed by atoms with van der Waals surface area (Å²) in [4.78, 5) is 22.6. The van der Waals surface area contributed by atoms with Crippen molar-refractivity contribution in [1.82, 2.24) is 5.32 Å². The Hall–Kier alpha value is -0.123. The Morgan fingerprint density at radius 3 is 1.44 bits per heavy atom. The lowest BCUT2D eigenvalue weighted by Gasteiger charge is -2.17. The number of ether oxygens (including phenoxy) is 1. The number of hydrogen-bond acceptors (Lipinski definition) is 4. The van der Waals surface area contributed by atoms with Crippen LogP contribution in [0.25, 0.3) is 0 Å². The lowest BCUT2D eigenvalue weighted by atomic mass is 10.1. The van der Waals surface area contributed by atoms with Gasteiger partial charge in [0.1, 0.15) is 0 Å². The molecule has 0 heterocycles. The lowest BCUT2D eigenvalue weighted by molar-refractivity contribution is -0.143. The van der Waals surface area contributed by atoms with Crippen molar-refractivity contribution in [2.24, 2.45) is 40.2 Å². The molecule has 0 saturated heterocycles. The molecule has 0 aromatic rings. The quantitative estimate of drug-likeness (QED) is 0.142. The standard InChI is InChI=1S/C12H25NO2Si.C7H12O2.C7H14.C6H13N.C4H8Br2.C3H8/c1-6-10-9-12(10,2)13-11(14)15-7-8-16(3,4)5;1-3-5-4-7(5,2)6(8)9;1-4-6-5-7(6,2)3;1-3-5-4-6(5,2)7;1-2-4(6)3-5;1-3-2/h10H,6-9H2,1-5H3,(H,13,14);5H,3-4H2,1-2H3,(H,8,9);6H,4-5H2,1-3H3;5H,3-4,7H2,1-2H3;4H,2-3H2,1H3;3H2,1-2H3. The monoisotopic (exact) mass is 826 g/mol. The van der Waals surface area contributed by atoms with Crippen LogP contribution < -0.4 is 11.1 Å². The van der Waals surface area contributed by atoms with Crippen LogP contribution in [0.3, 0.4) is 0 Å². The smallest absolute Gasteiger partial charge is 0.407 e. The zero-order valence-corrected chi connectivity index (χ0v) is 38.3. The first-order valence-corrected chi connectivity index (χ1v) is 24.8. The normalized spacial score (nSPS) is 31.7. The number of alkyl carbamates (subject to hydrolysis) is 1. The van der Waals surface area contributed by atoms with Crippen molar-refractivity contribution in [2.75, 3.05) is 11.9 Å². The molecular formula is C39H80Br2N2O4Si. The molecule has 0 aliphatic heterocycles. The summed E-state index contributed by atoms with van der Waals surface area (Å²) in [7, 11) is -1.09. The number of carboxylic acids is 1. The second kappa shape index (κ2) is 22.7. The Morgan fingerprint density at radius 1 is 0.833 bits per heavy atom. The van der Waals surface area contributed by atoms with E-state index in [1.165, 1.54) is 38.5 Å². The van der Waals surface area contributed by atoms with Gasteiger partial charge in [0.2, 0.25) is 0 Å². The molecule has 288 valence electrons. The molecule has 0 aromatic carbocycles. The molecule has 4 N–H and O–H groups in total. The fourth-order valence-corrected chi connectivity index (χ4v) is 6.87. The molecule has 6 nitrogen and oxygen atoms in total. The minimum atomic E-state index is -1.09. The fraction of sp³-hybridized carbons (Fsp3) is 0.949. The average molecular weight is 829 g/mol. The van der Waals surface area contributed by atoms with Crippen LogP contribution in [0, 0.1) is 34.5 Å². The third-order valence-electron chi connectivity index (χ3n) is 10.5. The molecule has 4 aliphatic carbocycles. The number of rotatable bonds is 11. The molecule has 0 radical (unpaired) electrons. The molecule has 4 saturated carbocycles. The molecule has 4 rings (SSSR count). The highest BCUT2D eigenvalue weighted by Crippen LogP contribution is 2.54. The summed E-state index contributed by atoms with van der Waals surface area (Å²) in [5.41, 5.74) is 6.29. The number of carbonyl (C=O) groups is 2. The van der Waals surface area contributed by atoms with E-state index in [-0.39, 0.29) is 22.6 Å². The van der Waals surface area contributed by atoms with E-state index < -0.39 is 14.0 Å². The Morgan fingerprint density at radius 2 is 1.27 bits per heavy atom. The third-order valence-corrected chi connectivity index (χ3v) is 14.9. The van der Waals surface area contributed by atoms with Crippen LogP contribution >= 0.6 is 31.9 Å². The van der Waals surface area contributed by atoms with E-state index in [0.717, 1.165) is 54.3 Å². The van der Waals surface area contributed by atoms with Crippen LogP contribution in [-0.4, -0.2) is 53.1 Å². The van der Waals surface area contributed by atoms with Crippen molar-refractivity contribution in [3.63, 3.8) is 0 Å². The maximum atomic E-state index is 11.5. The van der Waals surface area contributed by atoms with E-state index >= 15 is 0 Å². The molecule has 4 aliphatic rings. The number of halogens is 2. The number of nitrogens with one attached hydrogen (secondary N) is 1.